The van der Waals surface area contributed by atoms with Gasteiger partial charge in [0.15, 0.2) is 5.69 Å². The minimum atomic E-state index is -0.256. The van der Waals surface area contributed by atoms with Gasteiger partial charge in [0.1, 0.15) is 5.75 Å². The van der Waals surface area contributed by atoms with Crippen LogP contribution in [0.4, 0.5) is 11.4 Å². The maximum Gasteiger partial charge on any atom is 0.299 e. The highest BCUT2D eigenvalue weighted by atomic mass is 16.5. The summed E-state index contributed by atoms with van der Waals surface area (Å²) in [5.74, 6) is 0.739. The molecular weight excluding hydrogens is 388 g/mol. The van der Waals surface area contributed by atoms with E-state index in [-0.39, 0.29) is 11.2 Å². The summed E-state index contributed by atoms with van der Waals surface area (Å²) in [5.41, 5.74) is 5.09. The predicted octanol–water partition coefficient (Wildman–Crippen LogP) is 6.13. The number of hydrogen-bond donors (Lipinski definition) is 1. The van der Waals surface area contributed by atoms with Crippen LogP contribution in [0.2, 0.25) is 0 Å². The van der Waals surface area contributed by atoms with E-state index in [1.54, 1.807) is 7.11 Å². The van der Waals surface area contributed by atoms with Gasteiger partial charge < -0.3 is 4.74 Å². The van der Waals surface area contributed by atoms with Gasteiger partial charge in [-0.3, -0.25) is 9.89 Å². The molecule has 0 aliphatic rings. The Morgan fingerprint density at radius 2 is 1.65 bits per heavy atom. The molecule has 0 amide bonds. The van der Waals surface area contributed by atoms with Crippen molar-refractivity contribution in [3.05, 3.63) is 94.3 Å². The van der Waals surface area contributed by atoms with Crippen molar-refractivity contribution in [3.8, 4) is 22.7 Å². The van der Waals surface area contributed by atoms with Crippen LogP contribution < -0.4 is 10.3 Å². The van der Waals surface area contributed by atoms with Gasteiger partial charge in [0.25, 0.3) is 5.56 Å². The number of aryl methyl sites for hydroxylation is 2. The third kappa shape index (κ3) is 4.19. The molecule has 1 aromatic heterocycles. The van der Waals surface area contributed by atoms with Crippen LogP contribution in [0.5, 0.6) is 5.75 Å². The molecule has 6 nitrogen and oxygen atoms in total. The van der Waals surface area contributed by atoms with Crippen LogP contribution >= 0.6 is 0 Å². The van der Waals surface area contributed by atoms with Crippen molar-refractivity contribution in [2.45, 2.75) is 20.3 Å². The number of methoxy groups -OCH3 is 1. The van der Waals surface area contributed by atoms with E-state index < -0.39 is 0 Å². The number of nitrogens with one attached hydrogen (secondary N) is 1. The molecule has 0 atom stereocenters. The maximum atomic E-state index is 13.3. The Balaban J connectivity index is 1.83. The number of hydrogen-bond acceptors (Lipinski definition) is 4. The highest BCUT2D eigenvalue weighted by Crippen LogP contribution is 2.30. The lowest BCUT2D eigenvalue weighted by atomic mass is 10.1. The van der Waals surface area contributed by atoms with Gasteiger partial charge in [0.05, 0.1) is 24.2 Å². The molecule has 0 bridgehead atoms. The first-order valence-electron chi connectivity index (χ1n) is 10.2. The van der Waals surface area contributed by atoms with Crippen LogP contribution in [-0.4, -0.2) is 16.9 Å². The number of aromatic nitrogens is 2. The SMILES string of the molecule is CCc1ccc(N=Nc2c(-c3ccc(OC)cc3)[nH]n(-c3ccccc3C)c2=O)cc1. The number of rotatable bonds is 6. The Labute approximate surface area is 180 Å². The Morgan fingerprint density at radius 3 is 2.29 bits per heavy atom. The number of benzene rings is 3. The molecule has 0 saturated carbocycles. The quantitative estimate of drug-likeness (QED) is 0.387. The third-order valence-electron chi connectivity index (χ3n) is 5.21. The van der Waals surface area contributed by atoms with Crippen LogP contribution in [0.15, 0.2) is 87.8 Å². The molecule has 4 rings (SSSR count). The van der Waals surface area contributed by atoms with Crippen molar-refractivity contribution in [2.24, 2.45) is 10.2 Å². The number of H-pyrrole nitrogens is 1. The van der Waals surface area contributed by atoms with Crippen molar-refractivity contribution < 1.29 is 4.74 Å². The fourth-order valence-electron chi connectivity index (χ4n) is 3.37. The summed E-state index contributed by atoms with van der Waals surface area (Å²) in [6.07, 6.45) is 0.956. The van der Waals surface area contributed by atoms with Crippen LogP contribution in [0, 0.1) is 6.92 Å². The first kappa shape index (κ1) is 20.3. The van der Waals surface area contributed by atoms with E-state index in [0.717, 1.165) is 29.0 Å². The summed E-state index contributed by atoms with van der Waals surface area (Å²) < 4.78 is 6.77. The van der Waals surface area contributed by atoms with Gasteiger partial charge in [-0.25, -0.2) is 4.68 Å². The number of azo groups is 1. The highest BCUT2D eigenvalue weighted by Gasteiger charge is 2.18. The zero-order chi connectivity index (χ0) is 21.8. The van der Waals surface area contributed by atoms with Crippen LogP contribution in [-0.2, 0) is 6.42 Å². The summed E-state index contributed by atoms with van der Waals surface area (Å²) in [4.78, 5) is 13.3. The van der Waals surface area contributed by atoms with E-state index in [9.17, 15) is 4.79 Å². The van der Waals surface area contributed by atoms with Gasteiger partial charge in [0, 0.05) is 5.56 Å². The summed E-state index contributed by atoms with van der Waals surface area (Å²) in [7, 11) is 1.62. The molecule has 1 heterocycles. The Bertz CT molecular complexity index is 1270. The van der Waals surface area contributed by atoms with E-state index in [2.05, 4.69) is 22.3 Å². The molecule has 156 valence electrons. The molecule has 0 spiro atoms. The third-order valence-corrected chi connectivity index (χ3v) is 5.21. The second-order valence-electron chi connectivity index (χ2n) is 7.21. The maximum absolute atomic E-state index is 13.3. The van der Waals surface area contributed by atoms with Gasteiger partial charge in [0.2, 0.25) is 0 Å². The van der Waals surface area contributed by atoms with Crippen molar-refractivity contribution in [1.82, 2.24) is 9.78 Å². The Hall–Kier alpha value is -3.93. The highest BCUT2D eigenvalue weighted by molar-refractivity contribution is 5.72. The van der Waals surface area contributed by atoms with E-state index >= 15 is 0 Å². The van der Waals surface area contributed by atoms with Crippen molar-refractivity contribution in [1.29, 1.82) is 0 Å². The number of para-hydroxylation sites is 1. The first-order chi connectivity index (χ1) is 15.1. The van der Waals surface area contributed by atoms with Crippen LogP contribution in [0.25, 0.3) is 16.9 Å². The van der Waals surface area contributed by atoms with Gasteiger partial charge >= 0.3 is 0 Å². The first-order valence-corrected chi connectivity index (χ1v) is 10.2. The average Bonchev–Trinajstić information content (AvgIpc) is 3.14. The van der Waals surface area contributed by atoms with Gasteiger partial charge in [-0.1, -0.05) is 37.3 Å². The predicted molar refractivity (Wildman–Crippen MR) is 123 cm³/mol. The second-order valence-corrected chi connectivity index (χ2v) is 7.21. The van der Waals surface area contributed by atoms with E-state index in [0.29, 0.717) is 11.4 Å². The monoisotopic (exact) mass is 412 g/mol. The van der Waals surface area contributed by atoms with Gasteiger partial charge in [-0.15, -0.1) is 5.11 Å². The number of aromatic amines is 1. The van der Waals surface area contributed by atoms with Crippen molar-refractivity contribution in [3.63, 3.8) is 0 Å². The Kier molecular flexibility index (Phi) is 5.80. The van der Waals surface area contributed by atoms with Crippen molar-refractivity contribution in [2.75, 3.05) is 7.11 Å². The summed E-state index contributed by atoms with van der Waals surface area (Å²) in [6, 6.07) is 23.0. The number of ether oxygens (including phenoxy) is 1. The molecule has 4 aromatic rings. The minimum absolute atomic E-state index is 0.256. The molecule has 31 heavy (non-hydrogen) atoms. The van der Waals surface area contributed by atoms with E-state index in [1.165, 1.54) is 10.2 Å². The second kappa shape index (κ2) is 8.83. The fourth-order valence-corrected chi connectivity index (χ4v) is 3.37. The standard InChI is InChI=1S/C25H24N4O2/c1-4-18-9-13-20(14-10-18)26-27-24-23(19-11-15-21(31-3)16-12-19)28-29(25(24)30)22-8-6-5-7-17(22)2/h5-16,28H,4H2,1-3H3. The lowest BCUT2D eigenvalue weighted by Crippen LogP contribution is -2.15. The molecule has 0 aliphatic heterocycles. The zero-order valence-electron chi connectivity index (χ0n) is 17.8. The topological polar surface area (TPSA) is 71.7 Å². The molecular formula is C25H24N4O2. The summed E-state index contributed by atoms with van der Waals surface area (Å²) in [5, 5.41) is 11.9. The molecule has 3 aromatic carbocycles. The molecule has 1 N–H and O–H groups in total. The molecule has 0 aliphatic carbocycles. The normalized spacial score (nSPS) is 11.2. The molecule has 0 fully saturated rings. The van der Waals surface area contributed by atoms with E-state index in [1.807, 2.05) is 79.7 Å². The number of nitrogens with zero attached hydrogens (tertiary/aromatic N) is 3. The summed E-state index contributed by atoms with van der Waals surface area (Å²) in [6.45, 7) is 4.07. The van der Waals surface area contributed by atoms with Crippen LogP contribution in [0.3, 0.4) is 0 Å². The average molecular weight is 412 g/mol. The fraction of sp³-hybridized carbons (Fsp3) is 0.160. The molecule has 0 radical (unpaired) electrons. The smallest absolute Gasteiger partial charge is 0.299 e. The molecule has 0 saturated heterocycles. The van der Waals surface area contributed by atoms with E-state index in [4.69, 9.17) is 4.74 Å². The molecule has 0 unspecified atom stereocenters. The van der Waals surface area contributed by atoms with Crippen molar-refractivity contribution >= 4 is 11.4 Å². The Morgan fingerprint density at radius 1 is 0.935 bits per heavy atom. The lowest BCUT2D eigenvalue weighted by molar-refractivity contribution is 0.415. The zero-order valence-corrected chi connectivity index (χ0v) is 17.8. The minimum Gasteiger partial charge on any atom is -0.497 e. The van der Waals surface area contributed by atoms with Crippen LogP contribution in [0.1, 0.15) is 18.1 Å². The van der Waals surface area contributed by atoms with Gasteiger partial charge in [-0.05, 0) is 66.9 Å². The van der Waals surface area contributed by atoms with Gasteiger partial charge in [-0.2, -0.15) is 5.11 Å². The lowest BCUT2D eigenvalue weighted by Gasteiger charge is -2.05. The largest absolute Gasteiger partial charge is 0.497 e. The molecule has 6 heteroatoms. The summed E-state index contributed by atoms with van der Waals surface area (Å²) >= 11 is 0.